The predicted octanol–water partition coefficient (Wildman–Crippen LogP) is 10.9. The minimum atomic E-state index is -0.481. The van der Waals surface area contributed by atoms with Gasteiger partial charge >= 0.3 is 0 Å². The summed E-state index contributed by atoms with van der Waals surface area (Å²) >= 11 is 0. The second kappa shape index (κ2) is 12.0. The SMILES string of the molecule is c1ccc(-c2cc(-c3cccc(-c4ccc5c(c4)C(c4ccccc4)(c4ccccc4)c4ccncc4-5)c3)nc(-c3ccccc3)n2)cc1. The molecule has 0 spiro atoms. The van der Waals surface area contributed by atoms with Crippen molar-refractivity contribution in [2.24, 2.45) is 0 Å². The van der Waals surface area contributed by atoms with E-state index in [9.17, 15) is 0 Å². The monoisotopic (exact) mass is 625 g/mol. The summed E-state index contributed by atoms with van der Waals surface area (Å²) in [6.07, 6.45) is 3.94. The highest BCUT2D eigenvalue weighted by Gasteiger charge is 2.46. The molecule has 0 aliphatic heterocycles. The lowest BCUT2D eigenvalue weighted by Crippen LogP contribution is -2.28. The van der Waals surface area contributed by atoms with E-state index in [2.05, 4.69) is 145 Å². The van der Waals surface area contributed by atoms with Crippen LogP contribution < -0.4 is 0 Å². The lowest BCUT2D eigenvalue weighted by molar-refractivity contribution is 0.767. The first-order chi connectivity index (χ1) is 24.3. The fraction of sp³-hybridized carbons (Fsp3) is 0.0217. The molecule has 1 aliphatic carbocycles. The van der Waals surface area contributed by atoms with Gasteiger partial charge < -0.3 is 0 Å². The summed E-state index contributed by atoms with van der Waals surface area (Å²) in [6, 6.07) is 62.2. The molecule has 6 aromatic carbocycles. The average molecular weight is 626 g/mol. The van der Waals surface area contributed by atoms with Crippen LogP contribution in [0.25, 0.3) is 56.2 Å². The third-order valence-corrected chi connectivity index (χ3v) is 9.67. The molecule has 0 saturated heterocycles. The Labute approximate surface area is 286 Å². The van der Waals surface area contributed by atoms with Crippen LogP contribution in [0.15, 0.2) is 188 Å². The molecule has 9 rings (SSSR count). The van der Waals surface area contributed by atoms with Gasteiger partial charge in [-0.3, -0.25) is 4.98 Å². The first-order valence-corrected chi connectivity index (χ1v) is 16.6. The van der Waals surface area contributed by atoms with E-state index in [0.29, 0.717) is 5.82 Å². The van der Waals surface area contributed by atoms with Crippen molar-refractivity contribution in [2.75, 3.05) is 0 Å². The number of fused-ring (bicyclic) bond motifs is 3. The number of aromatic nitrogens is 3. The molecule has 2 heterocycles. The van der Waals surface area contributed by atoms with E-state index in [1.807, 2.05) is 48.8 Å². The Balaban J connectivity index is 1.22. The van der Waals surface area contributed by atoms with Crippen molar-refractivity contribution in [3.8, 4) is 56.2 Å². The van der Waals surface area contributed by atoms with Crippen LogP contribution >= 0.6 is 0 Å². The summed E-state index contributed by atoms with van der Waals surface area (Å²) in [6.45, 7) is 0. The van der Waals surface area contributed by atoms with Crippen molar-refractivity contribution < 1.29 is 0 Å². The molecule has 0 atom stereocenters. The number of pyridine rings is 1. The highest BCUT2D eigenvalue weighted by molar-refractivity contribution is 5.88. The molecule has 0 radical (unpaired) electrons. The zero-order chi connectivity index (χ0) is 32.6. The summed E-state index contributed by atoms with van der Waals surface area (Å²) in [5.41, 5.74) is 14.1. The maximum atomic E-state index is 5.10. The van der Waals surface area contributed by atoms with Gasteiger partial charge in [-0.15, -0.1) is 0 Å². The second-order valence-corrected chi connectivity index (χ2v) is 12.4. The highest BCUT2D eigenvalue weighted by Crippen LogP contribution is 2.56. The van der Waals surface area contributed by atoms with Gasteiger partial charge in [-0.05, 0) is 63.2 Å². The molecule has 0 fully saturated rings. The van der Waals surface area contributed by atoms with Gasteiger partial charge in [-0.2, -0.15) is 0 Å². The molecule has 0 bridgehead atoms. The van der Waals surface area contributed by atoms with E-state index in [0.717, 1.165) is 39.2 Å². The van der Waals surface area contributed by atoms with Gasteiger partial charge in [-0.25, -0.2) is 9.97 Å². The quantitative estimate of drug-likeness (QED) is 0.185. The van der Waals surface area contributed by atoms with Crippen LogP contribution in [-0.4, -0.2) is 15.0 Å². The molecule has 0 saturated carbocycles. The van der Waals surface area contributed by atoms with Crippen molar-refractivity contribution >= 4 is 0 Å². The van der Waals surface area contributed by atoms with Crippen LogP contribution in [0, 0.1) is 0 Å². The minimum Gasteiger partial charge on any atom is -0.264 e. The van der Waals surface area contributed by atoms with Crippen LogP contribution in [0.3, 0.4) is 0 Å². The molecule has 1 aliphatic rings. The van der Waals surface area contributed by atoms with Crippen molar-refractivity contribution in [3.05, 3.63) is 211 Å². The molecule has 0 unspecified atom stereocenters. The zero-order valence-corrected chi connectivity index (χ0v) is 26.7. The largest absolute Gasteiger partial charge is 0.264 e. The normalized spacial score (nSPS) is 12.7. The van der Waals surface area contributed by atoms with Crippen LogP contribution in [-0.2, 0) is 5.41 Å². The van der Waals surface area contributed by atoms with Crippen molar-refractivity contribution in [3.63, 3.8) is 0 Å². The highest BCUT2D eigenvalue weighted by atomic mass is 14.9. The Morgan fingerprint density at radius 1 is 0.367 bits per heavy atom. The minimum absolute atomic E-state index is 0.481. The molecular formula is C46H31N3. The summed E-state index contributed by atoms with van der Waals surface area (Å²) in [5, 5.41) is 0. The van der Waals surface area contributed by atoms with Crippen molar-refractivity contribution in [1.29, 1.82) is 0 Å². The number of hydrogen-bond acceptors (Lipinski definition) is 3. The van der Waals surface area contributed by atoms with Gasteiger partial charge in [-0.1, -0.05) is 152 Å². The Morgan fingerprint density at radius 2 is 0.918 bits per heavy atom. The third-order valence-electron chi connectivity index (χ3n) is 9.67. The summed E-state index contributed by atoms with van der Waals surface area (Å²) in [4.78, 5) is 14.7. The van der Waals surface area contributed by atoms with Crippen molar-refractivity contribution in [2.45, 2.75) is 5.41 Å². The fourth-order valence-corrected chi connectivity index (χ4v) is 7.44. The maximum Gasteiger partial charge on any atom is 0.160 e. The van der Waals surface area contributed by atoms with Crippen LogP contribution in [0.5, 0.6) is 0 Å². The molecule has 230 valence electrons. The van der Waals surface area contributed by atoms with E-state index in [1.54, 1.807) is 0 Å². The molecule has 8 aromatic rings. The number of benzene rings is 6. The van der Waals surface area contributed by atoms with E-state index in [-0.39, 0.29) is 0 Å². The Bertz CT molecular complexity index is 2320. The maximum absolute atomic E-state index is 5.10. The summed E-state index contributed by atoms with van der Waals surface area (Å²) < 4.78 is 0. The van der Waals surface area contributed by atoms with Crippen LogP contribution in [0.1, 0.15) is 22.3 Å². The van der Waals surface area contributed by atoms with E-state index in [4.69, 9.17) is 9.97 Å². The van der Waals surface area contributed by atoms with E-state index >= 15 is 0 Å². The van der Waals surface area contributed by atoms with E-state index in [1.165, 1.54) is 33.4 Å². The molecule has 0 N–H and O–H groups in total. The standard InChI is InChI=1S/C46H31N3/c1-5-14-32(15-6-1)43-30-44(49-45(48-43)33-16-7-2-8-17-33)36-19-13-18-34(28-36)35-24-25-39-40-31-47-27-26-41(40)46(42(39)29-35,37-20-9-3-10-21-37)38-22-11-4-12-23-38/h1-31H. The predicted molar refractivity (Wildman–Crippen MR) is 199 cm³/mol. The van der Waals surface area contributed by atoms with Gasteiger partial charge in [0, 0.05) is 34.6 Å². The zero-order valence-electron chi connectivity index (χ0n) is 26.7. The lowest BCUT2D eigenvalue weighted by atomic mass is 9.67. The molecule has 49 heavy (non-hydrogen) atoms. The molecule has 3 nitrogen and oxygen atoms in total. The lowest BCUT2D eigenvalue weighted by Gasteiger charge is -2.34. The van der Waals surface area contributed by atoms with Gasteiger partial charge in [0.05, 0.1) is 16.8 Å². The molecule has 2 aromatic heterocycles. The Hall–Kier alpha value is -6.45. The topological polar surface area (TPSA) is 38.7 Å². The fourth-order valence-electron chi connectivity index (χ4n) is 7.44. The Morgan fingerprint density at radius 3 is 1.59 bits per heavy atom. The first-order valence-electron chi connectivity index (χ1n) is 16.6. The summed E-state index contributed by atoms with van der Waals surface area (Å²) in [5.74, 6) is 0.710. The van der Waals surface area contributed by atoms with Gasteiger partial charge in [0.2, 0.25) is 0 Å². The van der Waals surface area contributed by atoms with Crippen LogP contribution in [0.4, 0.5) is 0 Å². The number of hydrogen-bond donors (Lipinski definition) is 0. The number of rotatable bonds is 6. The molecule has 3 heteroatoms. The number of nitrogens with zero attached hydrogens (tertiary/aromatic N) is 3. The van der Waals surface area contributed by atoms with Gasteiger partial charge in [0.15, 0.2) is 5.82 Å². The average Bonchev–Trinajstić information content (AvgIpc) is 3.49. The summed E-state index contributed by atoms with van der Waals surface area (Å²) in [7, 11) is 0. The smallest absolute Gasteiger partial charge is 0.160 e. The second-order valence-electron chi connectivity index (χ2n) is 12.4. The Kier molecular flexibility index (Phi) is 7.02. The molecular weight excluding hydrogens is 595 g/mol. The van der Waals surface area contributed by atoms with Crippen LogP contribution in [0.2, 0.25) is 0 Å². The third kappa shape index (κ3) is 4.87. The van der Waals surface area contributed by atoms with Gasteiger partial charge in [0.1, 0.15) is 0 Å². The van der Waals surface area contributed by atoms with Crippen molar-refractivity contribution in [1.82, 2.24) is 15.0 Å². The first kappa shape index (κ1) is 28.7. The van der Waals surface area contributed by atoms with Gasteiger partial charge in [0.25, 0.3) is 0 Å². The molecule has 0 amide bonds. The van der Waals surface area contributed by atoms with E-state index < -0.39 is 5.41 Å².